The van der Waals surface area contributed by atoms with Gasteiger partial charge in [0.05, 0.1) is 18.2 Å². The average molecular weight is 307 g/mol. The second-order valence-electron chi connectivity index (χ2n) is 5.74. The maximum absolute atomic E-state index is 12.4. The summed E-state index contributed by atoms with van der Waals surface area (Å²) in [5.41, 5.74) is 2.82. The Bertz CT molecular complexity index is 823. The van der Waals surface area contributed by atoms with E-state index in [0.29, 0.717) is 19.6 Å². The maximum atomic E-state index is 12.4. The first-order valence-electron chi connectivity index (χ1n) is 7.70. The van der Waals surface area contributed by atoms with E-state index >= 15 is 0 Å². The van der Waals surface area contributed by atoms with E-state index in [1.807, 2.05) is 59.3 Å². The van der Waals surface area contributed by atoms with E-state index in [4.69, 9.17) is 4.74 Å². The van der Waals surface area contributed by atoms with Crippen molar-refractivity contribution >= 4 is 11.6 Å². The molecule has 23 heavy (non-hydrogen) atoms. The molecule has 0 saturated heterocycles. The Balaban J connectivity index is 1.40. The fourth-order valence-corrected chi connectivity index (χ4v) is 2.89. The molecule has 116 valence electrons. The molecule has 0 radical (unpaired) electrons. The Morgan fingerprint density at radius 1 is 1.26 bits per heavy atom. The first-order valence-corrected chi connectivity index (χ1v) is 7.70. The number of imidazole rings is 1. The van der Waals surface area contributed by atoms with Gasteiger partial charge in [-0.15, -0.1) is 0 Å². The second-order valence-corrected chi connectivity index (χ2v) is 5.74. The molecule has 1 amide bonds. The van der Waals surface area contributed by atoms with Crippen molar-refractivity contribution in [1.29, 1.82) is 0 Å². The third kappa shape index (κ3) is 2.77. The predicted molar refractivity (Wildman–Crippen MR) is 86.2 cm³/mol. The van der Waals surface area contributed by atoms with Crippen molar-refractivity contribution < 1.29 is 9.53 Å². The fraction of sp³-hybridized carbons (Fsp3) is 0.222. The molecule has 0 fully saturated rings. The number of ether oxygens (including phenoxy) is 1. The van der Waals surface area contributed by atoms with Crippen molar-refractivity contribution in [2.45, 2.75) is 13.0 Å². The molecule has 3 heterocycles. The molecule has 3 aromatic rings. The smallest absolute Gasteiger partial charge is 0.227 e. The van der Waals surface area contributed by atoms with Crippen LogP contribution in [0.2, 0.25) is 0 Å². The van der Waals surface area contributed by atoms with Gasteiger partial charge in [0.15, 0.2) is 0 Å². The van der Waals surface area contributed by atoms with Gasteiger partial charge in [-0.25, -0.2) is 4.98 Å². The lowest BCUT2D eigenvalue weighted by atomic mass is 9.96. The minimum absolute atomic E-state index is 0.0107. The number of carbonyl (C=O) groups is 1. The molecule has 0 saturated carbocycles. The average Bonchev–Trinajstić information content (AvgIpc) is 3.02. The van der Waals surface area contributed by atoms with Crippen LogP contribution >= 0.6 is 0 Å². The molecular formula is C18H17N3O2. The Morgan fingerprint density at radius 2 is 2.13 bits per heavy atom. The highest BCUT2D eigenvalue weighted by Crippen LogP contribution is 2.26. The molecule has 1 aromatic carbocycles. The normalized spacial score (nSPS) is 16.6. The summed E-state index contributed by atoms with van der Waals surface area (Å²) in [6, 6.07) is 13.7. The van der Waals surface area contributed by atoms with E-state index in [1.54, 1.807) is 0 Å². The molecule has 0 spiro atoms. The van der Waals surface area contributed by atoms with E-state index in [1.165, 1.54) is 0 Å². The number of para-hydroxylation sites is 1. The van der Waals surface area contributed by atoms with E-state index < -0.39 is 0 Å². The SMILES string of the molecule is O=C(NCc1cn2ccccc2n1)[C@@H]1COc2ccccc2C1. The zero-order valence-corrected chi connectivity index (χ0v) is 12.6. The van der Waals surface area contributed by atoms with Crippen molar-refractivity contribution in [3.63, 3.8) is 0 Å². The highest BCUT2D eigenvalue weighted by Gasteiger charge is 2.25. The van der Waals surface area contributed by atoms with Gasteiger partial charge in [0.25, 0.3) is 0 Å². The van der Waals surface area contributed by atoms with Crippen molar-refractivity contribution in [2.24, 2.45) is 5.92 Å². The highest BCUT2D eigenvalue weighted by atomic mass is 16.5. The van der Waals surface area contributed by atoms with Crippen molar-refractivity contribution in [2.75, 3.05) is 6.61 Å². The third-order valence-corrected chi connectivity index (χ3v) is 4.11. The lowest BCUT2D eigenvalue weighted by molar-refractivity contribution is -0.126. The van der Waals surface area contributed by atoms with Gasteiger partial charge >= 0.3 is 0 Å². The van der Waals surface area contributed by atoms with E-state index in [2.05, 4.69) is 10.3 Å². The predicted octanol–water partition coefficient (Wildman–Crippen LogP) is 2.20. The lowest BCUT2D eigenvalue weighted by Crippen LogP contribution is -2.37. The Labute approximate surface area is 133 Å². The number of rotatable bonds is 3. The molecule has 1 atom stereocenters. The van der Waals surface area contributed by atoms with Gasteiger partial charge in [0.1, 0.15) is 18.0 Å². The summed E-state index contributed by atoms with van der Waals surface area (Å²) in [4.78, 5) is 16.9. The summed E-state index contributed by atoms with van der Waals surface area (Å²) in [6.45, 7) is 0.854. The molecule has 0 aliphatic carbocycles. The number of hydrogen-bond donors (Lipinski definition) is 1. The summed E-state index contributed by atoms with van der Waals surface area (Å²) in [5.74, 6) is 0.746. The van der Waals surface area contributed by atoms with Gasteiger partial charge in [0.2, 0.25) is 5.91 Å². The maximum Gasteiger partial charge on any atom is 0.227 e. The quantitative estimate of drug-likeness (QED) is 0.807. The van der Waals surface area contributed by atoms with E-state index in [-0.39, 0.29) is 11.8 Å². The molecule has 5 nitrogen and oxygen atoms in total. The molecule has 2 aromatic heterocycles. The largest absolute Gasteiger partial charge is 0.492 e. The van der Waals surface area contributed by atoms with Crippen LogP contribution in [0, 0.1) is 5.92 Å². The number of fused-ring (bicyclic) bond motifs is 2. The Kier molecular flexibility index (Phi) is 3.46. The fourth-order valence-electron chi connectivity index (χ4n) is 2.89. The zero-order valence-electron chi connectivity index (χ0n) is 12.6. The highest BCUT2D eigenvalue weighted by molar-refractivity contribution is 5.79. The summed E-state index contributed by atoms with van der Waals surface area (Å²) in [7, 11) is 0. The summed E-state index contributed by atoms with van der Waals surface area (Å²) in [6.07, 6.45) is 4.59. The minimum atomic E-state index is -0.151. The van der Waals surface area contributed by atoms with Crippen LogP contribution in [0.4, 0.5) is 0 Å². The van der Waals surface area contributed by atoms with Crippen LogP contribution in [0.3, 0.4) is 0 Å². The minimum Gasteiger partial charge on any atom is -0.492 e. The van der Waals surface area contributed by atoms with Gasteiger partial charge in [-0.3, -0.25) is 4.79 Å². The number of benzene rings is 1. The van der Waals surface area contributed by atoms with Crippen molar-refractivity contribution in [3.05, 3.63) is 66.1 Å². The first kappa shape index (κ1) is 13.8. The van der Waals surface area contributed by atoms with E-state index in [9.17, 15) is 4.79 Å². The lowest BCUT2D eigenvalue weighted by Gasteiger charge is -2.24. The second kappa shape index (κ2) is 5.76. The first-order chi connectivity index (χ1) is 11.3. The monoisotopic (exact) mass is 307 g/mol. The van der Waals surface area contributed by atoms with Crippen LogP contribution in [-0.4, -0.2) is 21.9 Å². The van der Waals surface area contributed by atoms with Crippen LogP contribution in [0.1, 0.15) is 11.3 Å². The number of aromatic nitrogens is 2. The topological polar surface area (TPSA) is 55.6 Å². The van der Waals surface area contributed by atoms with Crippen LogP contribution in [0.5, 0.6) is 5.75 Å². The molecular weight excluding hydrogens is 290 g/mol. The molecule has 1 aliphatic heterocycles. The Morgan fingerprint density at radius 3 is 3.04 bits per heavy atom. The third-order valence-electron chi connectivity index (χ3n) is 4.11. The van der Waals surface area contributed by atoms with Crippen LogP contribution in [0.15, 0.2) is 54.9 Å². The van der Waals surface area contributed by atoms with E-state index in [0.717, 1.165) is 22.7 Å². The number of pyridine rings is 1. The summed E-state index contributed by atoms with van der Waals surface area (Å²) < 4.78 is 7.62. The van der Waals surface area contributed by atoms with Gasteiger partial charge in [-0.05, 0) is 30.2 Å². The molecule has 4 rings (SSSR count). The van der Waals surface area contributed by atoms with Crippen LogP contribution in [-0.2, 0) is 17.8 Å². The number of amides is 1. The van der Waals surface area contributed by atoms with Gasteiger partial charge in [-0.1, -0.05) is 24.3 Å². The number of nitrogens with one attached hydrogen (secondary N) is 1. The van der Waals surface area contributed by atoms with Gasteiger partial charge in [-0.2, -0.15) is 0 Å². The molecule has 1 N–H and O–H groups in total. The number of carbonyl (C=O) groups excluding carboxylic acids is 1. The van der Waals surface area contributed by atoms with Crippen molar-refractivity contribution in [1.82, 2.24) is 14.7 Å². The molecule has 0 unspecified atom stereocenters. The molecule has 1 aliphatic rings. The van der Waals surface area contributed by atoms with Crippen LogP contribution in [0.25, 0.3) is 5.65 Å². The van der Waals surface area contributed by atoms with Gasteiger partial charge < -0.3 is 14.5 Å². The van der Waals surface area contributed by atoms with Gasteiger partial charge in [0, 0.05) is 12.4 Å². The molecule has 0 bridgehead atoms. The number of hydrogen-bond acceptors (Lipinski definition) is 3. The standard InChI is InChI=1S/C18H17N3O2/c22-18(14-9-13-5-1-2-6-16(13)23-12-14)19-10-15-11-21-8-4-3-7-17(21)20-15/h1-8,11,14H,9-10,12H2,(H,19,22)/t14-/m0/s1. The number of nitrogens with zero attached hydrogens (tertiary/aromatic N) is 2. The summed E-state index contributed by atoms with van der Waals surface area (Å²) in [5, 5.41) is 2.97. The van der Waals surface area contributed by atoms with Crippen LogP contribution < -0.4 is 10.1 Å². The molecule has 5 heteroatoms. The zero-order chi connectivity index (χ0) is 15.6. The Hall–Kier alpha value is -2.82. The van der Waals surface area contributed by atoms with Crippen molar-refractivity contribution in [3.8, 4) is 5.75 Å². The summed E-state index contributed by atoms with van der Waals surface area (Å²) >= 11 is 0.